The van der Waals surface area contributed by atoms with Crippen LogP contribution in [0, 0.1) is 5.92 Å². The number of rotatable bonds is 6. The molecule has 0 radical (unpaired) electrons. The molecule has 1 aliphatic carbocycles. The van der Waals surface area contributed by atoms with Crippen molar-refractivity contribution in [1.29, 1.82) is 0 Å². The minimum Gasteiger partial charge on any atom is -0.325 e. The number of amides is 4. The molecule has 8 heteroatoms. The summed E-state index contributed by atoms with van der Waals surface area (Å²) in [5, 5.41) is 10.8. The third-order valence-corrected chi connectivity index (χ3v) is 4.18. The van der Waals surface area contributed by atoms with Crippen LogP contribution in [0.25, 0.3) is 0 Å². The van der Waals surface area contributed by atoms with Crippen LogP contribution in [-0.2, 0) is 15.1 Å². The number of benzene rings is 1. The first-order chi connectivity index (χ1) is 11.0. The van der Waals surface area contributed by atoms with E-state index in [1.54, 1.807) is 31.2 Å². The second-order valence-electron chi connectivity index (χ2n) is 6.24. The van der Waals surface area contributed by atoms with Crippen LogP contribution >= 0.6 is 12.4 Å². The number of halogens is 1. The van der Waals surface area contributed by atoms with E-state index in [1.807, 2.05) is 0 Å². The van der Waals surface area contributed by atoms with Crippen molar-refractivity contribution in [2.45, 2.75) is 25.3 Å². The van der Waals surface area contributed by atoms with Gasteiger partial charge in [-0.3, -0.25) is 14.9 Å². The average Bonchev–Trinajstić information content (AvgIpc) is 3.26. The van der Waals surface area contributed by atoms with E-state index >= 15 is 0 Å². The summed E-state index contributed by atoms with van der Waals surface area (Å²) in [6.45, 7) is 2.76. The summed E-state index contributed by atoms with van der Waals surface area (Å²) in [6, 6.07) is 6.42. The highest BCUT2D eigenvalue weighted by Gasteiger charge is 2.43. The summed E-state index contributed by atoms with van der Waals surface area (Å²) in [4.78, 5) is 35.2. The molecule has 1 atom stereocenters. The molecule has 1 aliphatic heterocycles. The Morgan fingerprint density at radius 3 is 2.71 bits per heavy atom. The highest BCUT2D eigenvalue weighted by atomic mass is 35.5. The summed E-state index contributed by atoms with van der Waals surface area (Å²) in [6.07, 6.45) is 2.48. The van der Waals surface area contributed by atoms with Gasteiger partial charge in [-0.15, -0.1) is 12.4 Å². The Morgan fingerprint density at radius 2 is 2.08 bits per heavy atom. The fourth-order valence-electron chi connectivity index (χ4n) is 2.57. The number of urea groups is 1. The summed E-state index contributed by atoms with van der Waals surface area (Å²) >= 11 is 0. The summed E-state index contributed by atoms with van der Waals surface area (Å²) in [5.41, 5.74) is 0.0858. The molecule has 24 heavy (non-hydrogen) atoms. The second kappa shape index (κ2) is 7.19. The molecule has 1 saturated carbocycles. The largest absolute Gasteiger partial charge is 0.325 e. The average molecular weight is 353 g/mol. The SMILES string of the molecule is CC1(c2cccc(NC(=O)CNCC3CC3)c2)NC(=O)NC1=O.Cl. The first-order valence-electron chi connectivity index (χ1n) is 7.72. The van der Waals surface area contributed by atoms with E-state index in [0.29, 0.717) is 11.3 Å². The summed E-state index contributed by atoms with van der Waals surface area (Å²) in [5.74, 6) is 0.181. The van der Waals surface area contributed by atoms with Crippen molar-refractivity contribution in [3.8, 4) is 0 Å². The Kier molecular flexibility index (Phi) is 5.46. The molecular weight excluding hydrogens is 332 g/mol. The van der Waals surface area contributed by atoms with Crippen molar-refractivity contribution < 1.29 is 14.4 Å². The van der Waals surface area contributed by atoms with E-state index in [2.05, 4.69) is 21.3 Å². The fraction of sp³-hybridized carbons (Fsp3) is 0.438. The van der Waals surface area contributed by atoms with Crippen LogP contribution in [0.4, 0.5) is 10.5 Å². The minimum atomic E-state index is -1.12. The molecule has 1 aromatic rings. The highest BCUT2D eigenvalue weighted by molar-refractivity contribution is 6.07. The van der Waals surface area contributed by atoms with Crippen molar-refractivity contribution >= 4 is 35.9 Å². The third kappa shape index (κ3) is 4.04. The topological polar surface area (TPSA) is 99.3 Å². The Hall–Kier alpha value is -2.12. The molecule has 4 amide bonds. The standard InChI is InChI=1S/C16H20N4O3.ClH/c1-16(14(22)19-15(23)20-16)11-3-2-4-12(7-11)18-13(21)9-17-8-10-5-6-10;/h2-4,7,10,17H,5-6,8-9H2,1H3,(H,18,21)(H2,19,20,22,23);1H. The summed E-state index contributed by atoms with van der Waals surface area (Å²) < 4.78 is 0. The van der Waals surface area contributed by atoms with Crippen molar-refractivity contribution in [2.24, 2.45) is 5.92 Å². The van der Waals surface area contributed by atoms with Crippen LogP contribution in [0.5, 0.6) is 0 Å². The zero-order chi connectivity index (χ0) is 16.4. The van der Waals surface area contributed by atoms with Crippen LogP contribution in [0.2, 0.25) is 0 Å². The molecule has 1 unspecified atom stereocenters. The van der Waals surface area contributed by atoms with Gasteiger partial charge in [0, 0.05) is 5.69 Å². The number of carbonyl (C=O) groups excluding carboxylic acids is 3. The van der Waals surface area contributed by atoms with Crippen molar-refractivity contribution in [2.75, 3.05) is 18.4 Å². The van der Waals surface area contributed by atoms with Crippen molar-refractivity contribution in [1.82, 2.24) is 16.0 Å². The lowest BCUT2D eigenvalue weighted by Crippen LogP contribution is -2.40. The van der Waals surface area contributed by atoms with E-state index < -0.39 is 17.5 Å². The Balaban J connectivity index is 0.00000208. The number of hydrogen-bond donors (Lipinski definition) is 4. The van der Waals surface area contributed by atoms with Gasteiger partial charge in [0.2, 0.25) is 5.91 Å². The lowest BCUT2D eigenvalue weighted by atomic mass is 9.92. The molecule has 4 N–H and O–H groups in total. The number of imide groups is 1. The number of anilines is 1. The Morgan fingerprint density at radius 1 is 1.33 bits per heavy atom. The van der Waals surface area contributed by atoms with Crippen LogP contribution in [0.1, 0.15) is 25.3 Å². The molecule has 130 valence electrons. The predicted molar refractivity (Wildman–Crippen MR) is 91.9 cm³/mol. The van der Waals surface area contributed by atoms with Crippen LogP contribution in [0.3, 0.4) is 0 Å². The van der Waals surface area contributed by atoms with Gasteiger partial charge in [-0.25, -0.2) is 4.79 Å². The molecule has 1 aromatic carbocycles. The zero-order valence-electron chi connectivity index (χ0n) is 13.3. The molecule has 3 rings (SSSR count). The second-order valence-corrected chi connectivity index (χ2v) is 6.24. The zero-order valence-corrected chi connectivity index (χ0v) is 14.2. The first-order valence-corrected chi connectivity index (χ1v) is 7.72. The number of carbonyl (C=O) groups is 3. The van der Waals surface area contributed by atoms with E-state index in [-0.39, 0.29) is 24.9 Å². The molecular formula is C16H21ClN4O3. The fourth-order valence-corrected chi connectivity index (χ4v) is 2.57. The van der Waals surface area contributed by atoms with Gasteiger partial charge in [0.25, 0.3) is 5.91 Å². The van der Waals surface area contributed by atoms with Gasteiger partial charge in [-0.05, 0) is 49.9 Å². The van der Waals surface area contributed by atoms with Gasteiger partial charge in [0.15, 0.2) is 0 Å². The minimum absolute atomic E-state index is 0. The number of hydrogen-bond acceptors (Lipinski definition) is 4. The maximum absolute atomic E-state index is 12.0. The highest BCUT2D eigenvalue weighted by Crippen LogP contribution is 2.27. The molecule has 1 saturated heterocycles. The predicted octanol–water partition coefficient (Wildman–Crippen LogP) is 1.10. The van der Waals surface area contributed by atoms with Crippen molar-refractivity contribution in [3.05, 3.63) is 29.8 Å². The molecule has 7 nitrogen and oxygen atoms in total. The van der Waals surface area contributed by atoms with Gasteiger partial charge >= 0.3 is 6.03 Å². The molecule has 0 spiro atoms. The van der Waals surface area contributed by atoms with Gasteiger partial charge < -0.3 is 16.0 Å². The molecule has 2 fully saturated rings. The maximum atomic E-state index is 12.0. The smallest absolute Gasteiger partial charge is 0.322 e. The van der Waals surface area contributed by atoms with Gasteiger partial charge in [-0.1, -0.05) is 12.1 Å². The van der Waals surface area contributed by atoms with Gasteiger partial charge in [-0.2, -0.15) is 0 Å². The normalized spacial score (nSPS) is 22.4. The van der Waals surface area contributed by atoms with E-state index in [4.69, 9.17) is 0 Å². The first kappa shape index (κ1) is 18.2. The maximum Gasteiger partial charge on any atom is 0.322 e. The number of nitrogens with one attached hydrogen (secondary N) is 4. The van der Waals surface area contributed by atoms with Crippen LogP contribution in [-0.4, -0.2) is 30.9 Å². The molecule has 1 heterocycles. The Bertz CT molecular complexity index is 662. The lowest BCUT2D eigenvalue weighted by molar-refractivity contribution is -0.123. The quantitative estimate of drug-likeness (QED) is 0.576. The summed E-state index contributed by atoms with van der Waals surface area (Å²) in [7, 11) is 0. The Labute approximate surface area is 146 Å². The van der Waals surface area contributed by atoms with E-state index in [1.165, 1.54) is 12.8 Å². The van der Waals surface area contributed by atoms with E-state index in [9.17, 15) is 14.4 Å². The van der Waals surface area contributed by atoms with Gasteiger partial charge in [0.1, 0.15) is 5.54 Å². The molecule has 0 aromatic heterocycles. The van der Waals surface area contributed by atoms with Gasteiger partial charge in [0.05, 0.1) is 6.54 Å². The lowest BCUT2D eigenvalue weighted by Gasteiger charge is -2.21. The van der Waals surface area contributed by atoms with E-state index in [0.717, 1.165) is 12.5 Å². The van der Waals surface area contributed by atoms with Crippen LogP contribution in [0.15, 0.2) is 24.3 Å². The molecule has 2 aliphatic rings. The van der Waals surface area contributed by atoms with Crippen molar-refractivity contribution in [3.63, 3.8) is 0 Å². The third-order valence-electron chi connectivity index (χ3n) is 4.18. The molecule has 0 bridgehead atoms. The van der Waals surface area contributed by atoms with Crippen LogP contribution < -0.4 is 21.3 Å². The monoisotopic (exact) mass is 352 g/mol.